The zero-order valence-corrected chi connectivity index (χ0v) is 35.0. The minimum atomic E-state index is -5.87. The van der Waals surface area contributed by atoms with Gasteiger partial charge < -0.3 is 41.4 Å². The Hall–Kier alpha value is -6.32. The minimum absolute atomic E-state index is 0.0530. The molecule has 0 bridgehead atoms. The van der Waals surface area contributed by atoms with Gasteiger partial charge in [0, 0.05) is 36.2 Å². The number of carbonyl (C=O) groups excluding carboxylic acids is 3. The number of hydrogen-bond donors (Lipinski definition) is 7. The molecule has 2 aliphatic rings. The van der Waals surface area contributed by atoms with Crippen LogP contribution in [0, 0.1) is 18.8 Å². The lowest BCUT2D eigenvalue weighted by molar-refractivity contribution is -0.292. The van der Waals surface area contributed by atoms with Gasteiger partial charge in [-0.05, 0) is 124 Å². The molecule has 14 nitrogen and oxygen atoms in total. The fourth-order valence-corrected chi connectivity index (χ4v) is 7.56. The minimum Gasteiger partial charge on any atom is -0.475 e. The van der Waals surface area contributed by atoms with Crippen LogP contribution in [0.4, 0.5) is 45.6 Å². The second-order valence-corrected chi connectivity index (χ2v) is 16.1. The summed E-state index contributed by atoms with van der Waals surface area (Å²) in [5.41, 5.74) is 3.66. The number of benzene rings is 3. The molecule has 0 spiro atoms. The molecule has 0 unspecified atom stereocenters. The Morgan fingerprint density at radius 1 is 0.846 bits per heavy atom. The van der Waals surface area contributed by atoms with Crippen LogP contribution >= 0.6 is 0 Å². The highest BCUT2D eigenvalue weighted by Gasteiger charge is 2.61. The van der Waals surface area contributed by atoms with Crippen molar-refractivity contribution in [1.82, 2.24) is 30.8 Å². The number of carboxylic acid groups (broad SMARTS) is 2. The van der Waals surface area contributed by atoms with Gasteiger partial charge in [-0.2, -0.15) is 35.1 Å². The molecule has 4 aromatic rings. The number of anilines is 1. The van der Waals surface area contributed by atoms with E-state index in [0.29, 0.717) is 36.8 Å². The first-order chi connectivity index (χ1) is 30.4. The van der Waals surface area contributed by atoms with Crippen molar-refractivity contribution in [2.24, 2.45) is 11.8 Å². The topological polar surface area (TPSA) is 206 Å². The molecule has 3 aromatic carbocycles. The maximum Gasteiger partial charge on any atom is 0.490 e. The van der Waals surface area contributed by atoms with E-state index >= 15 is 0 Å². The molecule has 6 rings (SSSR count). The molecule has 1 aliphatic heterocycles. The Balaban J connectivity index is 0.00000105. The Morgan fingerprint density at radius 3 is 2.05 bits per heavy atom. The first-order valence-corrected chi connectivity index (χ1v) is 20.4. The molecule has 1 aromatic heterocycles. The number of aliphatic carboxylic acids is 1. The van der Waals surface area contributed by atoms with Gasteiger partial charge in [0.15, 0.2) is 5.82 Å². The van der Waals surface area contributed by atoms with Crippen LogP contribution in [0.5, 0.6) is 0 Å². The maximum absolute atomic E-state index is 14.0. The molecule has 1 atom stereocenters. The van der Waals surface area contributed by atoms with Crippen LogP contribution in [0.2, 0.25) is 0 Å². The Bertz CT molecular complexity index is 2340. The van der Waals surface area contributed by atoms with E-state index in [1.54, 1.807) is 6.07 Å². The van der Waals surface area contributed by atoms with E-state index in [4.69, 9.17) is 15.0 Å². The molecule has 1 saturated carbocycles. The van der Waals surface area contributed by atoms with Gasteiger partial charge in [0.05, 0.1) is 11.0 Å². The number of amides is 4. The van der Waals surface area contributed by atoms with Crippen molar-refractivity contribution in [2.75, 3.05) is 32.0 Å². The third kappa shape index (κ3) is 13.4. The van der Waals surface area contributed by atoms with Gasteiger partial charge in [0.25, 0.3) is 5.91 Å². The van der Waals surface area contributed by atoms with Gasteiger partial charge in [0.1, 0.15) is 6.04 Å². The van der Waals surface area contributed by atoms with Crippen molar-refractivity contribution < 1.29 is 69.3 Å². The number of halogens is 8. The number of aryl methyl sites for hydroxylation is 1. The van der Waals surface area contributed by atoms with E-state index in [1.165, 1.54) is 12.1 Å². The number of H-pyrrole nitrogens is 1. The zero-order valence-electron chi connectivity index (χ0n) is 35.0. The summed E-state index contributed by atoms with van der Waals surface area (Å²) in [4.78, 5) is 67.9. The van der Waals surface area contributed by atoms with Crippen LogP contribution in [0.1, 0.15) is 65.8 Å². The predicted octanol–water partition coefficient (Wildman–Crippen LogP) is 7.39. The highest BCUT2D eigenvalue weighted by atomic mass is 19.4. The largest absolute Gasteiger partial charge is 0.490 e. The average Bonchev–Trinajstić information content (AvgIpc) is 3.68. The summed E-state index contributed by atoms with van der Waals surface area (Å²) < 4.78 is 98.7. The Labute approximate surface area is 366 Å². The first kappa shape index (κ1) is 49.7. The first-order valence-electron chi connectivity index (χ1n) is 20.4. The summed E-state index contributed by atoms with van der Waals surface area (Å²) in [6.07, 6.45) is -8.04. The number of nitrogens with one attached hydrogen (secondary N) is 5. The predicted molar refractivity (Wildman–Crippen MR) is 220 cm³/mol. The van der Waals surface area contributed by atoms with E-state index in [-0.39, 0.29) is 53.5 Å². The number of alkyl halides is 8. The molecule has 1 saturated heterocycles. The number of fused-ring (bicyclic) bond motifs is 1. The normalized spacial score (nSPS) is 17.9. The fourth-order valence-electron chi connectivity index (χ4n) is 7.56. The molecule has 22 heteroatoms. The number of piperidine rings is 1. The molecule has 352 valence electrons. The van der Waals surface area contributed by atoms with Crippen LogP contribution in [0.15, 0.2) is 60.7 Å². The molecular weight excluding hydrogens is 878 g/mol. The molecule has 7 N–H and O–H groups in total. The molecular formula is C43H47F8N7O7. The van der Waals surface area contributed by atoms with E-state index in [2.05, 4.69) is 38.2 Å². The molecule has 2 fully saturated rings. The lowest BCUT2D eigenvalue weighted by Gasteiger charge is -2.29. The van der Waals surface area contributed by atoms with Crippen molar-refractivity contribution in [3.05, 3.63) is 83.2 Å². The molecule has 1 aliphatic carbocycles. The van der Waals surface area contributed by atoms with E-state index in [1.807, 2.05) is 48.3 Å². The van der Waals surface area contributed by atoms with Crippen molar-refractivity contribution in [1.29, 1.82) is 0 Å². The number of aromatic amines is 1. The molecule has 2 heterocycles. The van der Waals surface area contributed by atoms with Gasteiger partial charge in [-0.3, -0.25) is 14.4 Å². The van der Waals surface area contributed by atoms with E-state index in [0.717, 1.165) is 48.7 Å². The number of hydrogen-bond acceptors (Lipinski definition) is 7. The standard InChI is InChI=1S/C41H46F5N7O5.C2HF3O2/c1-23-19-28(36(55)48-29-15-17-53(2)18-16-29)11-13-31(23)26-7-3-24(4-8-26)20-34(50-35(54)27-9-5-25(6-10-27)22-47-39(57)58)37(56)49-30-12-14-32-33(21-30)52-38(51-32)40(42,43)41(44,45)46;3-2(4,5)1(6)7/h3-4,7-8,11-14,19,21,25,27,29,34,47H,5-6,9-10,15-18,20,22H2,1-2H3,(H,48,55)(H,49,56)(H,50,54)(H,51,52)(H,57,58);(H,6,7)/t25-,27-,34-;/m0./s1. The van der Waals surface area contributed by atoms with Crippen molar-refractivity contribution in [2.45, 2.75) is 82.2 Å². The summed E-state index contributed by atoms with van der Waals surface area (Å²) in [6.45, 7) is 4.06. The van der Waals surface area contributed by atoms with Crippen LogP contribution < -0.4 is 21.3 Å². The lowest BCUT2D eigenvalue weighted by atomic mass is 9.81. The quantitative estimate of drug-likeness (QED) is 0.0707. The van der Waals surface area contributed by atoms with Crippen molar-refractivity contribution >= 4 is 46.5 Å². The summed E-state index contributed by atoms with van der Waals surface area (Å²) in [7, 11) is 2.06. The van der Waals surface area contributed by atoms with Crippen LogP contribution in [0.3, 0.4) is 0 Å². The number of carboxylic acids is 1. The second kappa shape index (κ2) is 20.7. The number of rotatable bonds is 12. The fraction of sp³-hybridized carbons (Fsp3) is 0.442. The number of carbonyl (C=O) groups is 5. The van der Waals surface area contributed by atoms with Crippen molar-refractivity contribution in [3.8, 4) is 11.1 Å². The van der Waals surface area contributed by atoms with Gasteiger partial charge in [-0.25, -0.2) is 14.6 Å². The number of aromatic nitrogens is 2. The maximum atomic E-state index is 14.0. The number of imidazole rings is 1. The van der Waals surface area contributed by atoms with Crippen LogP contribution in [0.25, 0.3) is 22.2 Å². The highest BCUT2D eigenvalue weighted by Crippen LogP contribution is 2.43. The molecule has 0 radical (unpaired) electrons. The van der Waals surface area contributed by atoms with Gasteiger partial charge in [-0.15, -0.1) is 0 Å². The van der Waals surface area contributed by atoms with Gasteiger partial charge >= 0.3 is 30.3 Å². The monoisotopic (exact) mass is 925 g/mol. The molecule has 4 amide bonds. The second-order valence-electron chi connectivity index (χ2n) is 16.1. The Kier molecular flexibility index (Phi) is 15.8. The summed E-state index contributed by atoms with van der Waals surface area (Å²) in [5, 5.41) is 27.1. The van der Waals surface area contributed by atoms with Crippen LogP contribution in [-0.2, 0) is 26.7 Å². The SMILES string of the molecule is Cc1cc(C(=O)NC2CCN(C)CC2)ccc1-c1ccc(C[C@H](NC(=O)[C@H]2CC[C@H](CNC(=O)O)CC2)C(=O)Nc2ccc3[nH]c(C(F)(F)C(F)(F)F)nc3c2)cc1.O=C(O)C(F)(F)F. The van der Waals surface area contributed by atoms with Gasteiger partial charge in [0.2, 0.25) is 11.8 Å². The summed E-state index contributed by atoms with van der Waals surface area (Å²) in [6, 6.07) is 15.6. The summed E-state index contributed by atoms with van der Waals surface area (Å²) in [5.74, 6) is -11.1. The number of nitrogens with zero attached hydrogens (tertiary/aromatic N) is 2. The highest BCUT2D eigenvalue weighted by molar-refractivity contribution is 5.99. The molecule has 65 heavy (non-hydrogen) atoms. The summed E-state index contributed by atoms with van der Waals surface area (Å²) >= 11 is 0. The third-order valence-electron chi connectivity index (χ3n) is 11.3. The van der Waals surface area contributed by atoms with Gasteiger partial charge in [-0.1, -0.05) is 30.3 Å². The van der Waals surface area contributed by atoms with Crippen LogP contribution in [-0.4, -0.2) is 106 Å². The van der Waals surface area contributed by atoms with Crippen molar-refractivity contribution in [3.63, 3.8) is 0 Å². The average molecular weight is 926 g/mol. The lowest BCUT2D eigenvalue weighted by Crippen LogP contribution is -2.48. The Morgan fingerprint density at radius 2 is 1.48 bits per heavy atom. The number of likely N-dealkylation sites (tertiary alicyclic amines) is 1. The van der Waals surface area contributed by atoms with E-state index in [9.17, 15) is 54.3 Å². The smallest absolute Gasteiger partial charge is 0.475 e. The van der Waals surface area contributed by atoms with E-state index < -0.39 is 54.0 Å². The zero-order chi connectivity index (χ0) is 47.9. The third-order valence-corrected chi connectivity index (χ3v) is 11.3.